The van der Waals surface area contributed by atoms with Gasteiger partial charge in [0.2, 0.25) is 5.75 Å². The van der Waals surface area contributed by atoms with E-state index in [-0.39, 0.29) is 0 Å². The fourth-order valence-electron chi connectivity index (χ4n) is 2.34. The summed E-state index contributed by atoms with van der Waals surface area (Å²) in [5.74, 6) is 0.736. The first-order valence-corrected chi connectivity index (χ1v) is 8.57. The highest BCUT2D eigenvalue weighted by Crippen LogP contribution is 2.39. The number of hydrogen-bond donors (Lipinski definition) is 1. The third kappa shape index (κ3) is 4.21. The molecule has 0 aromatic heterocycles. The second-order valence-corrected chi connectivity index (χ2v) is 6.41. The summed E-state index contributed by atoms with van der Waals surface area (Å²) >= 11 is 9.25. The molecule has 0 spiro atoms. The molecule has 6 nitrogen and oxygen atoms in total. The number of ether oxygens (including phenoxy) is 3. The van der Waals surface area contributed by atoms with Crippen LogP contribution in [0, 0.1) is 11.3 Å². The lowest BCUT2D eigenvalue weighted by Crippen LogP contribution is -2.28. The number of benzene rings is 2. The molecule has 2 aromatic rings. The number of carbonyl (C=O) groups is 1. The highest BCUT2D eigenvalue weighted by atomic mass is 79.9. The van der Waals surface area contributed by atoms with Crippen LogP contribution in [0.5, 0.6) is 17.2 Å². The van der Waals surface area contributed by atoms with Crippen LogP contribution < -0.4 is 19.5 Å². The van der Waals surface area contributed by atoms with Crippen molar-refractivity contribution in [3.63, 3.8) is 0 Å². The van der Waals surface area contributed by atoms with E-state index in [4.69, 9.17) is 25.8 Å². The lowest BCUT2D eigenvalue weighted by molar-refractivity contribution is 0.0944. The summed E-state index contributed by atoms with van der Waals surface area (Å²) in [4.78, 5) is 12.6. The maximum absolute atomic E-state index is 12.6. The summed E-state index contributed by atoms with van der Waals surface area (Å²) in [6, 6.07) is 9.20. The fraction of sp³-hybridized carbons (Fsp3) is 0.222. The molecule has 8 heteroatoms. The Balaban J connectivity index is 2.38. The van der Waals surface area contributed by atoms with Crippen molar-refractivity contribution >= 4 is 33.4 Å². The highest BCUT2D eigenvalue weighted by molar-refractivity contribution is 9.10. The van der Waals surface area contributed by atoms with Crippen LogP contribution in [-0.4, -0.2) is 27.2 Å². The Labute approximate surface area is 164 Å². The number of halogens is 2. The van der Waals surface area contributed by atoms with Crippen LogP contribution in [0.1, 0.15) is 22.0 Å². The van der Waals surface area contributed by atoms with E-state index in [0.717, 1.165) is 0 Å². The van der Waals surface area contributed by atoms with Crippen LogP contribution in [0.3, 0.4) is 0 Å². The predicted molar refractivity (Wildman–Crippen MR) is 101 cm³/mol. The van der Waals surface area contributed by atoms with Gasteiger partial charge in [0.05, 0.1) is 33.0 Å². The number of hydrogen-bond acceptors (Lipinski definition) is 5. The maximum atomic E-state index is 12.6. The Morgan fingerprint density at radius 2 is 1.77 bits per heavy atom. The number of nitrogens with zero attached hydrogens (tertiary/aromatic N) is 1. The second kappa shape index (κ2) is 8.79. The van der Waals surface area contributed by atoms with E-state index in [2.05, 4.69) is 27.3 Å². The zero-order chi connectivity index (χ0) is 19.3. The Morgan fingerprint density at radius 3 is 2.27 bits per heavy atom. The molecule has 0 saturated carbocycles. The number of nitrogens with one attached hydrogen (secondary N) is 1. The Morgan fingerprint density at radius 1 is 1.15 bits per heavy atom. The van der Waals surface area contributed by atoms with Crippen molar-refractivity contribution in [2.24, 2.45) is 0 Å². The third-order valence-electron chi connectivity index (χ3n) is 3.60. The molecule has 0 heterocycles. The molecule has 0 bridgehead atoms. The fourth-order valence-corrected chi connectivity index (χ4v) is 2.94. The first kappa shape index (κ1) is 19.9. The standard InChI is InChI=1S/C18H16BrClN2O4/c1-24-15-6-10(7-16(25-2)17(15)26-3)14(9-21)22-18(23)12-8-11(20)4-5-13(12)19/h4-8,14H,1-3H3,(H,22,23). The van der Waals surface area contributed by atoms with Gasteiger partial charge in [-0.3, -0.25) is 4.79 Å². The van der Waals surface area contributed by atoms with E-state index in [1.807, 2.05) is 0 Å². The summed E-state index contributed by atoms with van der Waals surface area (Å²) < 4.78 is 16.4. The van der Waals surface area contributed by atoms with Crippen molar-refractivity contribution in [2.75, 3.05) is 21.3 Å². The largest absolute Gasteiger partial charge is 0.493 e. The molecule has 1 N–H and O–H groups in total. The van der Waals surface area contributed by atoms with Crippen LogP contribution in [0.25, 0.3) is 0 Å². The maximum Gasteiger partial charge on any atom is 0.253 e. The van der Waals surface area contributed by atoms with Crippen LogP contribution in [0.4, 0.5) is 0 Å². The molecule has 26 heavy (non-hydrogen) atoms. The van der Waals surface area contributed by atoms with Gasteiger partial charge in [-0.2, -0.15) is 5.26 Å². The molecule has 1 atom stereocenters. The van der Waals surface area contributed by atoms with Crippen molar-refractivity contribution < 1.29 is 19.0 Å². The van der Waals surface area contributed by atoms with Crippen molar-refractivity contribution in [1.29, 1.82) is 5.26 Å². The number of nitriles is 1. The molecule has 1 unspecified atom stereocenters. The van der Waals surface area contributed by atoms with Gasteiger partial charge in [0.1, 0.15) is 6.04 Å². The molecule has 0 fully saturated rings. The summed E-state index contributed by atoms with van der Waals surface area (Å²) in [6.07, 6.45) is 0. The molecule has 0 saturated heterocycles. The molecule has 2 rings (SSSR count). The van der Waals surface area contributed by atoms with E-state index in [9.17, 15) is 10.1 Å². The van der Waals surface area contributed by atoms with Crippen molar-refractivity contribution in [1.82, 2.24) is 5.32 Å². The van der Waals surface area contributed by atoms with Gasteiger partial charge in [-0.05, 0) is 51.8 Å². The van der Waals surface area contributed by atoms with E-state index in [1.165, 1.54) is 27.4 Å². The molecule has 0 aliphatic carbocycles. The van der Waals surface area contributed by atoms with Crippen molar-refractivity contribution in [2.45, 2.75) is 6.04 Å². The second-order valence-electron chi connectivity index (χ2n) is 5.12. The molecule has 136 valence electrons. The zero-order valence-electron chi connectivity index (χ0n) is 14.3. The predicted octanol–water partition coefficient (Wildman–Crippen LogP) is 4.12. The Bertz CT molecular complexity index is 842. The van der Waals surface area contributed by atoms with Gasteiger partial charge in [-0.1, -0.05) is 11.6 Å². The number of amides is 1. The molecule has 0 aliphatic rings. The minimum atomic E-state index is -0.929. The van der Waals surface area contributed by atoms with Crippen molar-refractivity contribution in [3.8, 4) is 23.3 Å². The van der Waals surface area contributed by atoms with E-state index >= 15 is 0 Å². The molecular weight excluding hydrogens is 424 g/mol. The average molecular weight is 440 g/mol. The van der Waals surface area contributed by atoms with Crippen molar-refractivity contribution in [3.05, 3.63) is 51.0 Å². The first-order chi connectivity index (χ1) is 12.4. The normalized spacial score (nSPS) is 11.2. The Hall–Kier alpha value is -2.43. The quantitative estimate of drug-likeness (QED) is 0.732. The van der Waals surface area contributed by atoms with E-state index in [1.54, 1.807) is 24.3 Å². The van der Waals surface area contributed by atoms with Gasteiger partial charge in [0.15, 0.2) is 11.5 Å². The first-order valence-electron chi connectivity index (χ1n) is 7.40. The number of rotatable bonds is 6. The van der Waals surface area contributed by atoms with Gasteiger partial charge in [-0.25, -0.2) is 0 Å². The lowest BCUT2D eigenvalue weighted by atomic mass is 10.1. The summed E-state index contributed by atoms with van der Waals surface area (Å²) in [5.41, 5.74) is 0.818. The SMILES string of the molecule is COc1cc(C(C#N)NC(=O)c2cc(Cl)ccc2Br)cc(OC)c1OC. The molecule has 1 amide bonds. The highest BCUT2D eigenvalue weighted by Gasteiger charge is 2.21. The number of methoxy groups -OCH3 is 3. The van der Waals surface area contributed by atoms with Gasteiger partial charge in [0.25, 0.3) is 5.91 Å². The third-order valence-corrected chi connectivity index (χ3v) is 4.52. The van der Waals surface area contributed by atoms with Crippen LogP contribution >= 0.6 is 27.5 Å². The van der Waals surface area contributed by atoms with Gasteiger partial charge in [-0.15, -0.1) is 0 Å². The Kier molecular flexibility index (Phi) is 6.72. The average Bonchev–Trinajstić information content (AvgIpc) is 2.66. The van der Waals surface area contributed by atoms with Gasteiger partial charge < -0.3 is 19.5 Å². The van der Waals surface area contributed by atoms with E-state index in [0.29, 0.717) is 37.9 Å². The summed E-state index contributed by atoms with van der Waals surface area (Å²) in [5, 5.41) is 12.6. The summed E-state index contributed by atoms with van der Waals surface area (Å²) in [6.45, 7) is 0. The smallest absolute Gasteiger partial charge is 0.253 e. The summed E-state index contributed by atoms with van der Waals surface area (Å²) in [7, 11) is 4.44. The van der Waals surface area contributed by atoms with Gasteiger partial charge >= 0.3 is 0 Å². The van der Waals surface area contributed by atoms with Crippen LogP contribution in [0.2, 0.25) is 5.02 Å². The van der Waals surface area contributed by atoms with Gasteiger partial charge in [0, 0.05) is 9.50 Å². The number of carbonyl (C=O) groups excluding carboxylic acids is 1. The van der Waals surface area contributed by atoms with Crippen LogP contribution in [-0.2, 0) is 0 Å². The molecule has 2 aromatic carbocycles. The molecule has 0 aliphatic heterocycles. The minimum Gasteiger partial charge on any atom is -0.493 e. The van der Waals surface area contributed by atoms with Crippen LogP contribution in [0.15, 0.2) is 34.8 Å². The lowest BCUT2D eigenvalue weighted by Gasteiger charge is -2.17. The monoisotopic (exact) mass is 438 g/mol. The molecule has 0 radical (unpaired) electrons. The molecular formula is C18H16BrClN2O4. The van der Waals surface area contributed by atoms with E-state index < -0.39 is 11.9 Å². The topological polar surface area (TPSA) is 80.6 Å². The minimum absolute atomic E-state index is 0.324. The zero-order valence-corrected chi connectivity index (χ0v) is 16.6.